The van der Waals surface area contributed by atoms with Gasteiger partial charge in [-0.15, -0.1) is 0 Å². The first-order valence-corrected chi connectivity index (χ1v) is 13.1. The maximum Gasteiger partial charge on any atom is 0.167 e. The molecule has 1 aromatic carbocycles. The molecule has 0 aliphatic carbocycles. The zero-order chi connectivity index (χ0) is 25.3. The molecule has 0 radical (unpaired) electrons. The largest absolute Gasteiger partial charge is 0.486 e. The summed E-state index contributed by atoms with van der Waals surface area (Å²) in [5.41, 5.74) is 7.53. The van der Waals surface area contributed by atoms with Gasteiger partial charge in [-0.3, -0.25) is 14.6 Å². The second-order valence-electron chi connectivity index (χ2n) is 8.90. The van der Waals surface area contributed by atoms with Gasteiger partial charge in [-0.05, 0) is 18.2 Å². The van der Waals surface area contributed by atoms with Crippen molar-refractivity contribution in [1.29, 1.82) is 5.41 Å². The minimum absolute atomic E-state index is 0.0103. The number of benzene rings is 1. The fourth-order valence-electron chi connectivity index (χ4n) is 4.12. The van der Waals surface area contributed by atoms with Gasteiger partial charge in [0.05, 0.1) is 15.8 Å². The number of anilines is 2. The first-order valence-electron chi connectivity index (χ1n) is 10.7. The monoisotopic (exact) mass is 535 g/mol. The third kappa shape index (κ3) is 5.58. The van der Waals surface area contributed by atoms with Crippen molar-refractivity contribution in [2.75, 3.05) is 35.7 Å². The van der Waals surface area contributed by atoms with E-state index in [0.717, 1.165) is 25.0 Å². The molecule has 7 nitrogen and oxygen atoms in total. The number of nitrogens with two attached hydrogens (primary N) is 1. The van der Waals surface area contributed by atoms with Crippen LogP contribution >= 0.6 is 23.2 Å². The molecule has 1 unspecified atom stereocenters. The van der Waals surface area contributed by atoms with E-state index in [9.17, 15) is 8.60 Å². The Morgan fingerprint density at radius 2 is 1.94 bits per heavy atom. The summed E-state index contributed by atoms with van der Waals surface area (Å²) in [5.74, 6) is 0.687. The summed E-state index contributed by atoms with van der Waals surface area (Å²) >= 11 is 12.2. The van der Waals surface area contributed by atoms with Crippen molar-refractivity contribution in [3.05, 3.63) is 75.4 Å². The summed E-state index contributed by atoms with van der Waals surface area (Å²) < 4.78 is 31.7. The standard InChI is InChI=1S/C24H24Cl2FN5O2S/c1-24(13-35(2)33)11-32(12-24)22-4-3-14(7-31-22)23(29)15-5-21(19(27)6-20(15)28)34-10-16-17(25)8-30-9-18(16)26/h3-9,29H,10-13,28H2,1-2H3. The second-order valence-corrected chi connectivity index (χ2v) is 11.2. The van der Waals surface area contributed by atoms with Crippen LogP contribution in [0.4, 0.5) is 15.9 Å². The molecule has 1 aliphatic rings. The van der Waals surface area contributed by atoms with Gasteiger partial charge in [0.2, 0.25) is 0 Å². The molecule has 1 aliphatic heterocycles. The van der Waals surface area contributed by atoms with Crippen LogP contribution in [0.5, 0.6) is 5.75 Å². The van der Waals surface area contributed by atoms with Crippen molar-refractivity contribution in [1.82, 2.24) is 9.97 Å². The number of nitrogens with one attached hydrogen (secondary N) is 1. The number of pyridine rings is 2. The fourth-order valence-corrected chi connectivity index (χ4v) is 5.76. The van der Waals surface area contributed by atoms with Gasteiger partial charge in [0.25, 0.3) is 0 Å². The molecule has 3 aromatic rings. The normalized spacial score (nSPS) is 15.4. The lowest BCUT2D eigenvalue weighted by molar-refractivity contribution is 0.280. The zero-order valence-corrected chi connectivity index (χ0v) is 21.5. The number of nitrogens with zero attached hydrogens (tertiary/aromatic N) is 3. The summed E-state index contributed by atoms with van der Waals surface area (Å²) in [5, 5.41) is 9.23. The Morgan fingerprint density at radius 1 is 1.26 bits per heavy atom. The molecule has 2 aromatic heterocycles. The van der Waals surface area contributed by atoms with Crippen molar-refractivity contribution >= 4 is 51.2 Å². The average Bonchev–Trinajstić information content (AvgIpc) is 2.77. The van der Waals surface area contributed by atoms with Crippen LogP contribution < -0.4 is 15.4 Å². The molecule has 35 heavy (non-hydrogen) atoms. The highest BCUT2D eigenvalue weighted by Gasteiger charge is 2.40. The number of hydrogen-bond acceptors (Lipinski definition) is 7. The summed E-state index contributed by atoms with van der Waals surface area (Å²) in [4.78, 5) is 10.5. The van der Waals surface area contributed by atoms with Gasteiger partial charge < -0.3 is 15.4 Å². The Hall–Kier alpha value is -2.75. The van der Waals surface area contributed by atoms with Crippen molar-refractivity contribution in [3.8, 4) is 5.75 Å². The number of aromatic nitrogens is 2. The summed E-state index contributed by atoms with van der Waals surface area (Å²) in [6.45, 7) is 3.58. The fraction of sp³-hybridized carbons (Fsp3) is 0.292. The second kappa shape index (κ2) is 10.1. The molecule has 184 valence electrons. The van der Waals surface area contributed by atoms with Gasteiger partial charge in [-0.1, -0.05) is 30.1 Å². The Labute approximate surface area is 215 Å². The minimum atomic E-state index is -0.847. The molecular formula is C24H24Cl2FN5O2S. The van der Waals surface area contributed by atoms with E-state index in [0.29, 0.717) is 32.5 Å². The van der Waals surface area contributed by atoms with Crippen LogP contribution in [0.2, 0.25) is 10.0 Å². The van der Waals surface area contributed by atoms with E-state index >= 15 is 0 Å². The van der Waals surface area contributed by atoms with Crippen LogP contribution in [0.1, 0.15) is 23.6 Å². The lowest BCUT2D eigenvalue weighted by Gasteiger charge is -2.48. The van der Waals surface area contributed by atoms with Crippen molar-refractivity contribution < 1.29 is 13.3 Å². The quantitative estimate of drug-likeness (QED) is 0.319. The molecule has 0 spiro atoms. The third-order valence-electron chi connectivity index (χ3n) is 5.76. The maximum atomic E-state index is 14.5. The van der Waals surface area contributed by atoms with E-state index < -0.39 is 16.6 Å². The van der Waals surface area contributed by atoms with E-state index in [1.54, 1.807) is 18.5 Å². The molecule has 1 saturated heterocycles. The van der Waals surface area contributed by atoms with Crippen LogP contribution in [0, 0.1) is 16.6 Å². The lowest BCUT2D eigenvalue weighted by Crippen LogP contribution is -2.57. The van der Waals surface area contributed by atoms with Crippen molar-refractivity contribution in [2.45, 2.75) is 13.5 Å². The molecule has 4 rings (SSSR count). The van der Waals surface area contributed by atoms with Gasteiger partial charge in [-0.2, -0.15) is 0 Å². The number of ether oxygens (including phenoxy) is 1. The van der Waals surface area contributed by atoms with E-state index in [1.807, 2.05) is 6.07 Å². The summed E-state index contributed by atoms with van der Waals surface area (Å²) in [6, 6.07) is 6.11. The van der Waals surface area contributed by atoms with Crippen LogP contribution in [0.3, 0.4) is 0 Å². The molecule has 1 fully saturated rings. The highest BCUT2D eigenvalue weighted by molar-refractivity contribution is 7.84. The van der Waals surface area contributed by atoms with Gasteiger partial charge in [-0.25, -0.2) is 9.37 Å². The highest BCUT2D eigenvalue weighted by atomic mass is 35.5. The van der Waals surface area contributed by atoms with Gasteiger partial charge in [0, 0.05) is 88.3 Å². The molecular weight excluding hydrogens is 512 g/mol. The maximum absolute atomic E-state index is 14.5. The zero-order valence-electron chi connectivity index (χ0n) is 19.1. The van der Waals surface area contributed by atoms with Gasteiger partial charge in [0.1, 0.15) is 12.4 Å². The van der Waals surface area contributed by atoms with E-state index in [4.69, 9.17) is 39.1 Å². The predicted octanol–water partition coefficient (Wildman–Crippen LogP) is 4.70. The minimum Gasteiger partial charge on any atom is -0.486 e. The molecule has 0 amide bonds. The number of hydrogen-bond donors (Lipinski definition) is 2. The molecule has 0 saturated carbocycles. The molecule has 3 heterocycles. The summed E-state index contributed by atoms with van der Waals surface area (Å²) in [6.07, 6.45) is 6.15. The number of rotatable bonds is 8. The van der Waals surface area contributed by atoms with Crippen LogP contribution in [0.25, 0.3) is 0 Å². The topological polar surface area (TPSA) is 105 Å². The SMILES string of the molecule is CS(=O)CC1(C)CN(c2ccc(C(=N)c3cc(OCc4c(Cl)cncc4Cl)c(F)cc3N)cn2)C1. The Morgan fingerprint density at radius 3 is 2.54 bits per heavy atom. The van der Waals surface area contributed by atoms with Gasteiger partial charge >= 0.3 is 0 Å². The Bertz CT molecular complexity index is 1280. The van der Waals surface area contributed by atoms with E-state index in [2.05, 4.69) is 21.8 Å². The average molecular weight is 536 g/mol. The smallest absolute Gasteiger partial charge is 0.167 e. The lowest BCUT2D eigenvalue weighted by atomic mass is 9.84. The first-order chi connectivity index (χ1) is 16.6. The van der Waals surface area contributed by atoms with Crippen molar-refractivity contribution in [2.24, 2.45) is 5.41 Å². The van der Waals surface area contributed by atoms with E-state index in [-0.39, 0.29) is 29.2 Å². The van der Waals surface area contributed by atoms with Gasteiger partial charge in [0.15, 0.2) is 11.6 Å². The first kappa shape index (κ1) is 25.3. The highest BCUT2D eigenvalue weighted by Crippen LogP contribution is 2.34. The molecule has 0 bridgehead atoms. The van der Waals surface area contributed by atoms with Crippen molar-refractivity contribution in [3.63, 3.8) is 0 Å². The predicted molar refractivity (Wildman–Crippen MR) is 139 cm³/mol. The third-order valence-corrected chi connectivity index (χ3v) is 7.51. The Balaban J connectivity index is 1.49. The molecule has 3 N–H and O–H groups in total. The van der Waals surface area contributed by atoms with Crippen LogP contribution in [0.15, 0.2) is 42.9 Å². The summed E-state index contributed by atoms with van der Waals surface area (Å²) in [7, 11) is -0.847. The molecule has 1 atom stereocenters. The van der Waals surface area contributed by atoms with E-state index in [1.165, 1.54) is 18.5 Å². The number of nitrogen functional groups attached to an aromatic ring is 1. The Kier molecular flexibility index (Phi) is 7.30. The van der Waals surface area contributed by atoms with Crippen LogP contribution in [-0.2, 0) is 17.4 Å². The molecule has 11 heteroatoms. The van der Waals surface area contributed by atoms with Crippen LogP contribution in [-0.4, -0.2) is 45.0 Å². The number of halogens is 3.